The molecule has 0 amide bonds. The van der Waals surface area contributed by atoms with Gasteiger partial charge in [-0.2, -0.15) is 5.10 Å². The van der Waals surface area contributed by atoms with Crippen molar-refractivity contribution in [2.45, 2.75) is 39.2 Å². The summed E-state index contributed by atoms with van der Waals surface area (Å²) in [6, 6.07) is 8.44. The first-order valence-electron chi connectivity index (χ1n) is 10.2. The molecule has 5 nitrogen and oxygen atoms in total. The molecule has 5 rings (SSSR count). The number of rotatable bonds is 2. The van der Waals surface area contributed by atoms with Crippen molar-refractivity contribution in [3.05, 3.63) is 65.1 Å². The Morgan fingerprint density at radius 1 is 1.07 bits per heavy atom. The summed E-state index contributed by atoms with van der Waals surface area (Å²) in [5.41, 5.74) is 3.03. The highest BCUT2D eigenvalue weighted by Gasteiger charge is 2.29. The summed E-state index contributed by atoms with van der Waals surface area (Å²) in [5.74, 6) is 0.794. The lowest BCUT2D eigenvalue weighted by atomic mass is 9.78. The Hall–Kier alpha value is -3.02. The van der Waals surface area contributed by atoms with Gasteiger partial charge in [-0.15, -0.1) is 0 Å². The van der Waals surface area contributed by atoms with Gasteiger partial charge in [0, 0.05) is 24.0 Å². The highest BCUT2D eigenvalue weighted by molar-refractivity contribution is 5.85. The quantitative estimate of drug-likeness (QED) is 0.492. The van der Waals surface area contributed by atoms with Crippen molar-refractivity contribution in [2.75, 3.05) is 0 Å². The fourth-order valence-electron chi connectivity index (χ4n) is 4.67. The Morgan fingerprint density at radius 3 is 2.66 bits per heavy atom. The van der Waals surface area contributed by atoms with E-state index in [4.69, 9.17) is 0 Å². The minimum Gasteiger partial charge on any atom is -0.311 e. The van der Waals surface area contributed by atoms with E-state index in [-0.39, 0.29) is 17.4 Å². The van der Waals surface area contributed by atoms with Crippen LogP contribution in [0.25, 0.3) is 27.7 Å². The molecule has 0 bridgehead atoms. The fourth-order valence-corrected chi connectivity index (χ4v) is 4.67. The number of fused-ring (bicyclic) bond motifs is 3. The van der Waals surface area contributed by atoms with Crippen LogP contribution in [0, 0.1) is 17.7 Å². The molecule has 4 aromatic rings. The summed E-state index contributed by atoms with van der Waals surface area (Å²) < 4.78 is 16.9. The molecule has 0 unspecified atom stereocenters. The van der Waals surface area contributed by atoms with E-state index >= 15 is 0 Å². The van der Waals surface area contributed by atoms with Crippen LogP contribution in [0.5, 0.6) is 0 Å². The van der Waals surface area contributed by atoms with Crippen LogP contribution in [0.3, 0.4) is 0 Å². The number of hydrogen-bond acceptors (Lipinski definition) is 3. The van der Waals surface area contributed by atoms with Gasteiger partial charge in [-0.3, -0.25) is 4.79 Å². The molecule has 1 aliphatic carbocycles. The van der Waals surface area contributed by atoms with Gasteiger partial charge < -0.3 is 4.57 Å². The van der Waals surface area contributed by atoms with E-state index in [9.17, 15) is 9.18 Å². The zero-order valence-electron chi connectivity index (χ0n) is 16.5. The molecule has 1 saturated carbocycles. The normalized spacial score (nSPS) is 22.4. The maximum absolute atomic E-state index is 13.3. The van der Waals surface area contributed by atoms with Gasteiger partial charge in [0.05, 0.1) is 17.1 Å². The first-order valence-corrected chi connectivity index (χ1v) is 10.2. The zero-order valence-corrected chi connectivity index (χ0v) is 16.5. The van der Waals surface area contributed by atoms with Gasteiger partial charge in [-0.05, 0) is 42.0 Å². The lowest BCUT2D eigenvalue weighted by molar-refractivity contribution is 0.183. The second-order valence-electron chi connectivity index (χ2n) is 8.22. The van der Waals surface area contributed by atoms with Crippen molar-refractivity contribution < 1.29 is 4.39 Å². The molecule has 0 spiro atoms. The van der Waals surface area contributed by atoms with Crippen LogP contribution in [-0.4, -0.2) is 19.2 Å². The molecule has 1 aliphatic rings. The minimum absolute atomic E-state index is 0.0123. The number of hydrogen-bond donors (Lipinski definition) is 0. The number of nitrogens with zero attached hydrogens (tertiary/aromatic N) is 4. The van der Waals surface area contributed by atoms with E-state index < -0.39 is 0 Å². The van der Waals surface area contributed by atoms with Crippen LogP contribution >= 0.6 is 0 Å². The van der Waals surface area contributed by atoms with E-state index in [1.807, 2.05) is 16.8 Å². The van der Waals surface area contributed by atoms with E-state index in [2.05, 4.69) is 23.9 Å². The number of pyridine rings is 1. The van der Waals surface area contributed by atoms with Crippen molar-refractivity contribution in [3.8, 4) is 11.1 Å². The second-order valence-corrected chi connectivity index (χ2v) is 8.22. The van der Waals surface area contributed by atoms with Gasteiger partial charge in [0.1, 0.15) is 5.82 Å². The number of halogens is 1. The Bertz CT molecular complexity index is 1260. The molecule has 0 aliphatic heterocycles. The molecular formula is C23H23FN4O. The first-order chi connectivity index (χ1) is 14.0. The van der Waals surface area contributed by atoms with Gasteiger partial charge >= 0.3 is 0 Å². The van der Waals surface area contributed by atoms with Crippen molar-refractivity contribution in [2.24, 2.45) is 11.8 Å². The summed E-state index contributed by atoms with van der Waals surface area (Å²) in [4.78, 5) is 17.8. The van der Waals surface area contributed by atoms with Gasteiger partial charge in [0.15, 0.2) is 5.65 Å². The maximum atomic E-state index is 13.3. The molecule has 3 atom stereocenters. The van der Waals surface area contributed by atoms with Gasteiger partial charge in [-0.1, -0.05) is 38.8 Å². The highest BCUT2D eigenvalue weighted by atomic mass is 19.1. The van der Waals surface area contributed by atoms with Crippen LogP contribution in [0.4, 0.5) is 4.39 Å². The SMILES string of the molecule is C[C@@H]1[C@H](C)CCC[C@@H]1n1ccc2c(cnc3c(-c4ccc(F)cc4)cnn32)c1=O. The average molecular weight is 390 g/mol. The molecule has 29 heavy (non-hydrogen) atoms. The van der Waals surface area contributed by atoms with E-state index in [1.165, 1.54) is 18.6 Å². The standard InChI is InChI=1S/C23H23FN4O/c1-14-4-3-5-20(15(14)2)27-11-10-21-19(23(27)29)12-25-22-18(13-26-28(21)22)16-6-8-17(24)9-7-16/h6-15,20H,3-5H2,1-2H3/t14-,15-,20+/m1/s1. The summed E-state index contributed by atoms with van der Waals surface area (Å²) in [6.07, 6.45) is 8.67. The average Bonchev–Trinajstić information content (AvgIpc) is 3.16. The topological polar surface area (TPSA) is 52.2 Å². The van der Waals surface area contributed by atoms with E-state index in [0.29, 0.717) is 22.9 Å². The Kier molecular flexibility index (Phi) is 4.23. The molecular weight excluding hydrogens is 367 g/mol. The third-order valence-corrected chi connectivity index (χ3v) is 6.60. The van der Waals surface area contributed by atoms with Gasteiger partial charge in [0.25, 0.3) is 5.56 Å². The van der Waals surface area contributed by atoms with Crippen molar-refractivity contribution in [1.29, 1.82) is 0 Å². The smallest absolute Gasteiger partial charge is 0.261 e. The van der Waals surface area contributed by atoms with Crippen LogP contribution in [0.15, 0.2) is 53.7 Å². The zero-order chi connectivity index (χ0) is 20.1. The third kappa shape index (κ3) is 2.85. The predicted molar refractivity (Wildman–Crippen MR) is 111 cm³/mol. The molecule has 0 radical (unpaired) electrons. The lowest BCUT2D eigenvalue weighted by Crippen LogP contribution is -2.33. The van der Waals surface area contributed by atoms with Crippen LogP contribution in [0.2, 0.25) is 0 Å². The Balaban J connectivity index is 1.65. The van der Waals surface area contributed by atoms with Crippen LogP contribution in [-0.2, 0) is 0 Å². The van der Waals surface area contributed by atoms with Crippen molar-refractivity contribution in [1.82, 2.24) is 19.2 Å². The minimum atomic E-state index is -0.282. The van der Waals surface area contributed by atoms with Crippen LogP contribution < -0.4 is 5.56 Å². The number of benzene rings is 1. The molecule has 6 heteroatoms. The highest BCUT2D eigenvalue weighted by Crippen LogP contribution is 2.37. The van der Waals surface area contributed by atoms with Crippen molar-refractivity contribution in [3.63, 3.8) is 0 Å². The predicted octanol–water partition coefficient (Wildman–Crippen LogP) is 4.85. The Morgan fingerprint density at radius 2 is 1.86 bits per heavy atom. The van der Waals surface area contributed by atoms with E-state index in [0.717, 1.165) is 29.5 Å². The van der Waals surface area contributed by atoms with Crippen LogP contribution in [0.1, 0.15) is 39.2 Å². The van der Waals surface area contributed by atoms with Gasteiger partial charge in [-0.25, -0.2) is 13.9 Å². The maximum Gasteiger partial charge on any atom is 0.261 e. The first kappa shape index (κ1) is 18.0. The Labute approximate surface area is 167 Å². The monoisotopic (exact) mass is 390 g/mol. The summed E-state index contributed by atoms with van der Waals surface area (Å²) in [6.45, 7) is 4.52. The molecule has 148 valence electrons. The molecule has 3 heterocycles. The summed E-state index contributed by atoms with van der Waals surface area (Å²) >= 11 is 0. The number of aromatic nitrogens is 4. The molecule has 0 saturated heterocycles. The largest absolute Gasteiger partial charge is 0.311 e. The third-order valence-electron chi connectivity index (χ3n) is 6.60. The molecule has 3 aromatic heterocycles. The van der Waals surface area contributed by atoms with E-state index in [1.54, 1.807) is 29.0 Å². The fraction of sp³-hybridized carbons (Fsp3) is 0.348. The lowest BCUT2D eigenvalue weighted by Gasteiger charge is -2.35. The molecule has 1 aromatic carbocycles. The summed E-state index contributed by atoms with van der Waals surface area (Å²) in [5, 5.41) is 5.04. The second kappa shape index (κ2) is 6.79. The van der Waals surface area contributed by atoms with Crippen molar-refractivity contribution >= 4 is 16.6 Å². The molecule has 0 N–H and O–H groups in total. The molecule has 1 fully saturated rings. The van der Waals surface area contributed by atoms with Gasteiger partial charge in [0.2, 0.25) is 0 Å². The summed E-state index contributed by atoms with van der Waals surface area (Å²) in [7, 11) is 0.